The minimum atomic E-state index is -1.18. The highest BCUT2D eigenvalue weighted by atomic mass is 16.5. The molecule has 0 aliphatic carbocycles. The molecule has 0 saturated carbocycles. The third kappa shape index (κ3) is 13.0. The number of unbranched alkanes of at least 4 members (excludes halogenated alkanes) is 1. The first-order valence-corrected chi connectivity index (χ1v) is 16.3. The van der Waals surface area contributed by atoms with Crippen LogP contribution in [0.4, 0.5) is 4.79 Å². The van der Waals surface area contributed by atoms with Crippen LogP contribution in [0.25, 0.3) is 0 Å². The Bertz CT molecular complexity index is 1500. The van der Waals surface area contributed by atoms with Gasteiger partial charge in [0, 0.05) is 13.5 Å². The Balaban J connectivity index is 1.68. The number of nitrogens with one attached hydrogen (secondary N) is 1. The fourth-order valence-corrected chi connectivity index (χ4v) is 4.77. The molecule has 2 atom stereocenters. The average Bonchev–Trinajstić information content (AvgIpc) is 3.15. The van der Waals surface area contributed by atoms with Gasteiger partial charge < -0.3 is 44.4 Å². The van der Waals surface area contributed by atoms with Crippen molar-refractivity contribution in [2.75, 3.05) is 34.9 Å². The van der Waals surface area contributed by atoms with Gasteiger partial charge in [0.05, 0.1) is 21.3 Å². The van der Waals surface area contributed by atoms with Crippen LogP contribution >= 0.6 is 0 Å². The molecule has 3 N–H and O–H groups in total. The molecule has 0 heterocycles. The normalized spacial score (nSPS) is 11.8. The Kier molecular flexibility index (Phi) is 16.4. The number of rotatable bonds is 20. The van der Waals surface area contributed by atoms with Gasteiger partial charge >= 0.3 is 23.9 Å². The highest BCUT2D eigenvalue weighted by Crippen LogP contribution is 2.17. The summed E-state index contributed by atoms with van der Waals surface area (Å²) >= 11 is 0. The summed E-state index contributed by atoms with van der Waals surface area (Å²) in [5, 5.41) is 2.70. The van der Waals surface area contributed by atoms with Gasteiger partial charge in [-0.25, -0.2) is 14.4 Å². The van der Waals surface area contributed by atoms with E-state index in [2.05, 4.69) is 5.32 Å². The molecular formula is C37H47N3O10. The van der Waals surface area contributed by atoms with E-state index in [1.165, 1.54) is 7.05 Å². The lowest BCUT2D eigenvalue weighted by molar-refractivity contribution is -0.151. The number of hydrogen-bond acceptors (Lipinski definition) is 11. The first-order chi connectivity index (χ1) is 24.2. The van der Waals surface area contributed by atoms with Crippen LogP contribution in [0.5, 0.6) is 17.2 Å². The van der Waals surface area contributed by atoms with E-state index in [0.717, 1.165) is 16.0 Å². The number of benzene rings is 3. The zero-order chi connectivity index (χ0) is 36.3. The van der Waals surface area contributed by atoms with Crippen molar-refractivity contribution >= 4 is 23.9 Å². The molecule has 3 rings (SSSR count). The number of hydrogen-bond donors (Lipinski definition) is 2. The third-order valence-electron chi connectivity index (χ3n) is 7.85. The van der Waals surface area contributed by atoms with Crippen LogP contribution in [-0.4, -0.2) is 75.8 Å². The number of likely N-dealkylation sites (N-methyl/N-ethyl adjacent to an activating group) is 1. The molecule has 3 aromatic rings. The summed E-state index contributed by atoms with van der Waals surface area (Å²) < 4.78 is 32.0. The molecule has 13 nitrogen and oxygen atoms in total. The number of amides is 2. The van der Waals surface area contributed by atoms with Crippen molar-refractivity contribution in [2.24, 2.45) is 5.73 Å². The number of carbonyl (C=O) groups excluding carboxylic acids is 4. The number of carbonyl (C=O) groups is 4. The Hall–Kier alpha value is -5.30. The second-order valence-corrected chi connectivity index (χ2v) is 11.4. The highest BCUT2D eigenvalue weighted by molar-refractivity contribution is 5.87. The molecule has 0 fully saturated rings. The van der Waals surface area contributed by atoms with E-state index in [1.54, 1.807) is 94.1 Å². The lowest BCUT2D eigenvalue weighted by atomic mass is 10.1. The number of esters is 3. The molecule has 50 heavy (non-hydrogen) atoms. The van der Waals surface area contributed by atoms with E-state index in [4.69, 9.17) is 34.2 Å². The van der Waals surface area contributed by atoms with Crippen LogP contribution in [0.3, 0.4) is 0 Å². The fourth-order valence-electron chi connectivity index (χ4n) is 4.77. The van der Waals surface area contributed by atoms with E-state index < -0.39 is 36.0 Å². The van der Waals surface area contributed by atoms with E-state index >= 15 is 0 Å². The second kappa shape index (κ2) is 20.9. The van der Waals surface area contributed by atoms with Crippen LogP contribution in [0.1, 0.15) is 48.8 Å². The largest absolute Gasteiger partial charge is 0.497 e. The molecule has 3 aromatic carbocycles. The van der Waals surface area contributed by atoms with Crippen molar-refractivity contribution in [2.45, 2.75) is 64.0 Å². The molecule has 2 unspecified atom stereocenters. The van der Waals surface area contributed by atoms with Gasteiger partial charge in [-0.15, -0.1) is 0 Å². The van der Waals surface area contributed by atoms with Crippen LogP contribution in [0.2, 0.25) is 0 Å². The second-order valence-electron chi connectivity index (χ2n) is 11.4. The number of urea groups is 1. The minimum absolute atomic E-state index is 0.0130. The van der Waals surface area contributed by atoms with Crippen molar-refractivity contribution in [1.29, 1.82) is 0 Å². The lowest BCUT2D eigenvalue weighted by Gasteiger charge is -2.28. The number of ether oxygens (including phenoxy) is 6. The van der Waals surface area contributed by atoms with Gasteiger partial charge in [-0.2, -0.15) is 0 Å². The standard InChI is InChI=1S/C37H47N3O10/c1-40(37(44)39-32(7-5-6-22-38)35(42)49-24-27-10-16-30(46-3)17-11-27)33(36(43)50-25-28-12-18-31(47-4)19-13-28)20-21-34(41)48-23-26-8-14-29(45-2)15-9-26/h8-19,32-33H,5-7,20-25,38H2,1-4H3,(H,39,44). The Labute approximate surface area is 292 Å². The van der Waals surface area contributed by atoms with E-state index in [9.17, 15) is 19.2 Å². The quantitative estimate of drug-likeness (QED) is 0.0971. The van der Waals surface area contributed by atoms with Crippen molar-refractivity contribution in [3.63, 3.8) is 0 Å². The van der Waals surface area contributed by atoms with Crippen LogP contribution in [0, 0.1) is 0 Å². The van der Waals surface area contributed by atoms with Gasteiger partial charge in [0.25, 0.3) is 0 Å². The summed E-state index contributed by atoms with van der Waals surface area (Å²) in [6.07, 6.45) is 1.18. The number of nitrogens with two attached hydrogens (primary N) is 1. The molecule has 0 aliphatic heterocycles. The van der Waals surface area contributed by atoms with Gasteiger partial charge in [0.15, 0.2) is 0 Å². The topological polar surface area (TPSA) is 165 Å². The van der Waals surface area contributed by atoms with E-state index in [-0.39, 0.29) is 39.1 Å². The van der Waals surface area contributed by atoms with Gasteiger partial charge in [0.1, 0.15) is 49.2 Å². The Morgan fingerprint density at radius 2 is 1.08 bits per heavy atom. The summed E-state index contributed by atoms with van der Waals surface area (Å²) in [4.78, 5) is 54.0. The van der Waals surface area contributed by atoms with Crippen molar-refractivity contribution in [3.05, 3.63) is 89.5 Å². The smallest absolute Gasteiger partial charge is 0.329 e. The zero-order valence-corrected chi connectivity index (χ0v) is 29.1. The average molecular weight is 694 g/mol. The first kappa shape index (κ1) is 39.1. The lowest BCUT2D eigenvalue weighted by Crippen LogP contribution is -2.52. The first-order valence-electron chi connectivity index (χ1n) is 16.3. The number of nitrogens with zero attached hydrogens (tertiary/aromatic N) is 1. The summed E-state index contributed by atoms with van der Waals surface area (Å²) in [5.41, 5.74) is 7.85. The van der Waals surface area contributed by atoms with Crippen LogP contribution in [-0.2, 0) is 48.4 Å². The molecule has 2 amide bonds. The van der Waals surface area contributed by atoms with E-state index in [1.807, 2.05) is 0 Å². The molecule has 0 spiro atoms. The molecule has 0 aliphatic rings. The van der Waals surface area contributed by atoms with Crippen LogP contribution in [0.15, 0.2) is 72.8 Å². The molecule has 0 saturated heterocycles. The summed E-state index contributed by atoms with van der Waals surface area (Å²) in [7, 11) is 6.06. The van der Waals surface area contributed by atoms with E-state index in [0.29, 0.717) is 42.2 Å². The SMILES string of the molecule is COc1ccc(COC(=O)CCC(C(=O)OCc2ccc(OC)cc2)N(C)C(=O)NC(CCCCN)C(=O)OCc2ccc(OC)cc2)cc1. The summed E-state index contributed by atoms with van der Waals surface area (Å²) in [5.74, 6) is 0.0426. The molecular weight excluding hydrogens is 646 g/mol. The van der Waals surface area contributed by atoms with Crippen molar-refractivity contribution < 1.29 is 47.6 Å². The molecule has 270 valence electrons. The predicted molar refractivity (Wildman–Crippen MR) is 184 cm³/mol. The minimum Gasteiger partial charge on any atom is -0.497 e. The van der Waals surface area contributed by atoms with Crippen LogP contribution < -0.4 is 25.3 Å². The van der Waals surface area contributed by atoms with Crippen molar-refractivity contribution in [3.8, 4) is 17.2 Å². The maximum atomic E-state index is 13.6. The maximum Gasteiger partial charge on any atom is 0.329 e. The van der Waals surface area contributed by atoms with Gasteiger partial charge in [-0.3, -0.25) is 4.79 Å². The molecule has 0 radical (unpaired) electrons. The Morgan fingerprint density at radius 1 is 0.640 bits per heavy atom. The van der Waals surface area contributed by atoms with Gasteiger partial charge in [-0.05, 0) is 85.3 Å². The predicted octanol–water partition coefficient (Wildman–Crippen LogP) is 4.53. The molecule has 0 aromatic heterocycles. The Morgan fingerprint density at radius 3 is 1.52 bits per heavy atom. The third-order valence-corrected chi connectivity index (χ3v) is 7.85. The molecule has 0 bridgehead atoms. The van der Waals surface area contributed by atoms with Gasteiger partial charge in [-0.1, -0.05) is 36.4 Å². The fraction of sp³-hybridized carbons (Fsp3) is 0.405. The summed E-state index contributed by atoms with van der Waals surface area (Å²) in [6, 6.07) is 18.1. The van der Waals surface area contributed by atoms with Gasteiger partial charge in [0.2, 0.25) is 0 Å². The zero-order valence-electron chi connectivity index (χ0n) is 29.1. The highest BCUT2D eigenvalue weighted by Gasteiger charge is 2.32. The maximum absolute atomic E-state index is 13.6. The monoisotopic (exact) mass is 693 g/mol. The summed E-state index contributed by atoms with van der Waals surface area (Å²) in [6.45, 7) is 0.351. The number of methoxy groups -OCH3 is 3. The molecule has 13 heteroatoms. The van der Waals surface area contributed by atoms with Crippen molar-refractivity contribution in [1.82, 2.24) is 10.2 Å².